The van der Waals surface area contributed by atoms with Crippen LogP contribution in [-0.4, -0.2) is 26.7 Å². The highest BCUT2D eigenvalue weighted by molar-refractivity contribution is 6.32. The van der Waals surface area contributed by atoms with Gasteiger partial charge in [0.25, 0.3) is 0 Å². The first-order valence-electron chi connectivity index (χ1n) is 8.16. The van der Waals surface area contributed by atoms with E-state index in [-0.39, 0.29) is 35.5 Å². The quantitative estimate of drug-likeness (QED) is 0.556. The Bertz CT molecular complexity index is 901. The number of nitrogens with zero attached hydrogens (tertiary/aromatic N) is 3. The SMILES string of the molecule is OCCC1=CN(Nc2ncc(Cl)c(NCc3c(F)cc(F)cc3F)n2)C=CN1. The first kappa shape index (κ1) is 19.8. The predicted molar refractivity (Wildman–Crippen MR) is 98.2 cm³/mol. The zero-order chi connectivity index (χ0) is 20.1. The normalized spacial score (nSPS) is 13.2. The van der Waals surface area contributed by atoms with E-state index in [9.17, 15) is 13.2 Å². The van der Waals surface area contributed by atoms with E-state index in [1.165, 1.54) is 6.20 Å². The minimum Gasteiger partial charge on any atom is -0.396 e. The summed E-state index contributed by atoms with van der Waals surface area (Å²) < 4.78 is 40.5. The number of hydrogen-bond donors (Lipinski definition) is 4. The molecule has 0 bridgehead atoms. The lowest BCUT2D eigenvalue weighted by atomic mass is 10.2. The number of hydrazine groups is 1. The number of aliphatic hydroxyl groups is 1. The molecule has 1 aromatic carbocycles. The molecule has 0 atom stereocenters. The van der Waals surface area contributed by atoms with Crippen LogP contribution in [0.15, 0.2) is 42.6 Å². The summed E-state index contributed by atoms with van der Waals surface area (Å²) in [5.41, 5.74) is 3.33. The van der Waals surface area contributed by atoms with E-state index in [0.29, 0.717) is 18.6 Å². The van der Waals surface area contributed by atoms with Crippen molar-refractivity contribution in [2.45, 2.75) is 13.0 Å². The minimum absolute atomic E-state index is 0.0114. The standard InChI is InChI=1S/C17H16ClF3N6O/c18-13-8-24-17(26-27-3-2-22-11(9-27)1-4-28)25-16(13)23-7-12-14(20)5-10(19)6-15(12)21/h2-3,5-6,8-9,22,28H,1,4,7H2,(H2,23,24,25,26). The molecular weight excluding hydrogens is 397 g/mol. The molecule has 2 heterocycles. The summed E-state index contributed by atoms with van der Waals surface area (Å²) in [4.78, 5) is 8.21. The van der Waals surface area contributed by atoms with Crippen molar-refractivity contribution in [3.05, 3.63) is 70.7 Å². The van der Waals surface area contributed by atoms with Crippen molar-refractivity contribution in [1.82, 2.24) is 20.3 Å². The predicted octanol–water partition coefficient (Wildman–Crippen LogP) is 3.09. The van der Waals surface area contributed by atoms with Gasteiger partial charge in [-0.1, -0.05) is 11.6 Å². The topological polar surface area (TPSA) is 85.3 Å². The molecule has 0 spiro atoms. The zero-order valence-corrected chi connectivity index (χ0v) is 15.1. The lowest BCUT2D eigenvalue weighted by Crippen LogP contribution is -2.26. The molecule has 1 aliphatic heterocycles. The summed E-state index contributed by atoms with van der Waals surface area (Å²) in [5.74, 6) is -2.72. The van der Waals surface area contributed by atoms with Gasteiger partial charge < -0.3 is 15.7 Å². The van der Waals surface area contributed by atoms with Gasteiger partial charge >= 0.3 is 0 Å². The molecule has 0 amide bonds. The molecule has 0 saturated carbocycles. The number of benzene rings is 1. The molecule has 3 rings (SSSR count). The number of anilines is 2. The highest BCUT2D eigenvalue weighted by Gasteiger charge is 2.14. The van der Waals surface area contributed by atoms with E-state index in [1.807, 2.05) is 0 Å². The fraction of sp³-hybridized carbons (Fsp3) is 0.176. The molecule has 0 fully saturated rings. The van der Waals surface area contributed by atoms with E-state index in [4.69, 9.17) is 16.7 Å². The van der Waals surface area contributed by atoms with Crippen LogP contribution in [0, 0.1) is 17.5 Å². The van der Waals surface area contributed by atoms with Crippen LogP contribution in [0.3, 0.4) is 0 Å². The Balaban J connectivity index is 1.72. The molecule has 0 aliphatic carbocycles. The third kappa shape index (κ3) is 4.84. The Morgan fingerprint density at radius 3 is 2.68 bits per heavy atom. The molecule has 7 nitrogen and oxygen atoms in total. The average molecular weight is 413 g/mol. The summed E-state index contributed by atoms with van der Waals surface area (Å²) in [6, 6.07) is 1.20. The van der Waals surface area contributed by atoms with Crippen molar-refractivity contribution in [3.63, 3.8) is 0 Å². The smallest absolute Gasteiger partial charge is 0.244 e. The van der Waals surface area contributed by atoms with Crippen LogP contribution in [0.4, 0.5) is 24.9 Å². The van der Waals surface area contributed by atoms with Crippen LogP contribution >= 0.6 is 11.6 Å². The van der Waals surface area contributed by atoms with Gasteiger partial charge in [-0.05, 0) is 0 Å². The second kappa shape index (κ2) is 8.81. The lowest BCUT2D eigenvalue weighted by Gasteiger charge is -2.22. The van der Waals surface area contributed by atoms with E-state index in [1.54, 1.807) is 23.6 Å². The molecule has 4 N–H and O–H groups in total. The molecule has 1 aliphatic rings. The molecule has 0 radical (unpaired) electrons. The highest BCUT2D eigenvalue weighted by atomic mass is 35.5. The first-order chi connectivity index (χ1) is 13.5. The second-order valence-electron chi connectivity index (χ2n) is 5.70. The van der Waals surface area contributed by atoms with E-state index < -0.39 is 17.5 Å². The van der Waals surface area contributed by atoms with Crippen LogP contribution in [0.2, 0.25) is 5.02 Å². The van der Waals surface area contributed by atoms with Gasteiger partial charge in [0.2, 0.25) is 5.95 Å². The van der Waals surface area contributed by atoms with Crippen LogP contribution in [-0.2, 0) is 6.54 Å². The minimum atomic E-state index is -1.01. The summed E-state index contributed by atoms with van der Waals surface area (Å²) in [7, 11) is 0. The lowest BCUT2D eigenvalue weighted by molar-refractivity contribution is 0.296. The van der Waals surface area contributed by atoms with Crippen molar-refractivity contribution >= 4 is 23.4 Å². The Hall–Kier alpha value is -2.98. The number of nitrogens with one attached hydrogen (secondary N) is 3. The number of aromatic nitrogens is 2. The molecule has 11 heteroatoms. The maximum absolute atomic E-state index is 13.8. The maximum atomic E-state index is 13.8. The molecule has 0 saturated heterocycles. The van der Waals surface area contributed by atoms with Crippen LogP contribution in [0.1, 0.15) is 12.0 Å². The number of rotatable bonds is 7. The van der Waals surface area contributed by atoms with Gasteiger partial charge in [0.1, 0.15) is 22.5 Å². The van der Waals surface area contributed by atoms with Crippen molar-refractivity contribution in [2.75, 3.05) is 17.3 Å². The van der Waals surface area contributed by atoms with Gasteiger partial charge in [-0.2, -0.15) is 4.98 Å². The molecule has 1 aromatic heterocycles. The number of hydrogen-bond acceptors (Lipinski definition) is 7. The van der Waals surface area contributed by atoms with E-state index in [2.05, 4.69) is 26.0 Å². The van der Waals surface area contributed by atoms with Crippen LogP contribution in [0.5, 0.6) is 0 Å². The summed E-state index contributed by atoms with van der Waals surface area (Å²) in [5, 5.41) is 16.4. The van der Waals surface area contributed by atoms with E-state index >= 15 is 0 Å². The van der Waals surface area contributed by atoms with Gasteiger partial charge in [0.15, 0.2) is 5.82 Å². The van der Waals surface area contributed by atoms with Crippen LogP contribution in [0.25, 0.3) is 0 Å². The van der Waals surface area contributed by atoms with Gasteiger partial charge in [-0.25, -0.2) is 18.2 Å². The Morgan fingerprint density at radius 2 is 1.96 bits per heavy atom. The Morgan fingerprint density at radius 1 is 1.21 bits per heavy atom. The monoisotopic (exact) mass is 412 g/mol. The van der Waals surface area contributed by atoms with Crippen molar-refractivity contribution in [1.29, 1.82) is 0 Å². The fourth-order valence-corrected chi connectivity index (χ4v) is 2.53. The average Bonchev–Trinajstić information content (AvgIpc) is 2.64. The number of aliphatic hydroxyl groups excluding tert-OH is 1. The molecule has 0 unspecified atom stereocenters. The fourth-order valence-electron chi connectivity index (χ4n) is 2.37. The van der Waals surface area contributed by atoms with Crippen molar-refractivity contribution in [2.24, 2.45) is 0 Å². The molecular formula is C17H16ClF3N6O. The van der Waals surface area contributed by atoms with Gasteiger partial charge in [0, 0.05) is 61.6 Å². The van der Waals surface area contributed by atoms with Gasteiger partial charge in [-0.3, -0.25) is 10.4 Å². The largest absolute Gasteiger partial charge is 0.396 e. The summed E-state index contributed by atoms with van der Waals surface area (Å²) >= 11 is 6.03. The highest BCUT2D eigenvalue weighted by Crippen LogP contribution is 2.22. The van der Waals surface area contributed by atoms with Gasteiger partial charge in [0.05, 0.1) is 6.20 Å². The molecule has 28 heavy (non-hydrogen) atoms. The zero-order valence-electron chi connectivity index (χ0n) is 14.4. The van der Waals surface area contributed by atoms with Crippen molar-refractivity contribution in [3.8, 4) is 0 Å². The maximum Gasteiger partial charge on any atom is 0.244 e. The Kier molecular flexibility index (Phi) is 6.22. The second-order valence-corrected chi connectivity index (χ2v) is 6.11. The number of halogens is 4. The summed E-state index contributed by atoms with van der Waals surface area (Å²) in [6.07, 6.45) is 6.78. The summed E-state index contributed by atoms with van der Waals surface area (Å²) in [6.45, 7) is -0.301. The third-order valence-electron chi connectivity index (χ3n) is 3.69. The Labute approximate surface area is 163 Å². The van der Waals surface area contributed by atoms with E-state index in [0.717, 1.165) is 5.70 Å². The first-order valence-corrected chi connectivity index (χ1v) is 8.53. The van der Waals surface area contributed by atoms with Crippen LogP contribution < -0.4 is 16.1 Å². The van der Waals surface area contributed by atoms with Crippen molar-refractivity contribution < 1.29 is 18.3 Å². The van der Waals surface area contributed by atoms with Gasteiger partial charge in [-0.15, -0.1) is 0 Å². The molecule has 2 aromatic rings. The third-order valence-corrected chi connectivity index (χ3v) is 3.97. The molecule has 148 valence electrons.